The lowest BCUT2D eigenvalue weighted by Crippen LogP contribution is -2.35. The van der Waals surface area contributed by atoms with E-state index in [1.54, 1.807) is 18.4 Å². The van der Waals surface area contributed by atoms with E-state index in [9.17, 15) is 5.11 Å². The highest BCUT2D eigenvalue weighted by Gasteiger charge is 2.23. The van der Waals surface area contributed by atoms with Gasteiger partial charge in [-0.3, -0.25) is 0 Å². The molecule has 1 aromatic carbocycles. The van der Waals surface area contributed by atoms with Gasteiger partial charge in [0, 0.05) is 12.6 Å². The van der Waals surface area contributed by atoms with E-state index in [4.69, 9.17) is 4.42 Å². The lowest BCUT2D eigenvalue weighted by molar-refractivity contribution is 0.142. The van der Waals surface area contributed by atoms with E-state index in [-0.39, 0.29) is 5.41 Å². The zero-order valence-corrected chi connectivity index (χ0v) is 13.0. The van der Waals surface area contributed by atoms with Gasteiger partial charge in [-0.1, -0.05) is 44.2 Å². The minimum Gasteiger partial charge on any atom is -0.467 e. The van der Waals surface area contributed by atoms with Crippen molar-refractivity contribution in [1.82, 2.24) is 5.32 Å². The van der Waals surface area contributed by atoms with Crippen molar-refractivity contribution in [3.8, 4) is 0 Å². The summed E-state index contributed by atoms with van der Waals surface area (Å²) in [4.78, 5) is 0. The molecular weight excluding hydrogens is 262 g/mol. The minimum atomic E-state index is -0.595. The van der Waals surface area contributed by atoms with Gasteiger partial charge in [-0.05, 0) is 36.5 Å². The first-order chi connectivity index (χ1) is 9.99. The summed E-state index contributed by atoms with van der Waals surface area (Å²) in [5.41, 5.74) is 1.44. The third-order valence-corrected chi connectivity index (χ3v) is 3.90. The average molecular weight is 287 g/mol. The predicted octanol–water partition coefficient (Wildman–Crippen LogP) is 3.66. The fourth-order valence-corrected chi connectivity index (χ4v) is 2.74. The average Bonchev–Trinajstić information content (AvgIpc) is 2.99. The molecule has 0 aliphatic rings. The third-order valence-electron chi connectivity index (χ3n) is 3.90. The second-order valence-electron chi connectivity index (χ2n) is 6.29. The molecule has 0 fully saturated rings. The molecule has 0 amide bonds. The number of benzene rings is 1. The Morgan fingerprint density at radius 2 is 1.86 bits per heavy atom. The van der Waals surface area contributed by atoms with Gasteiger partial charge in [0.15, 0.2) is 0 Å². The number of nitrogens with one attached hydrogen (secondary N) is 1. The summed E-state index contributed by atoms with van der Waals surface area (Å²) in [7, 11) is 0. The molecule has 3 heteroatoms. The number of aliphatic hydroxyl groups is 1. The Balaban J connectivity index is 1.85. The van der Waals surface area contributed by atoms with E-state index in [0.29, 0.717) is 18.3 Å². The number of hydrogen-bond donors (Lipinski definition) is 2. The molecule has 0 bridgehead atoms. The molecule has 2 unspecified atom stereocenters. The molecule has 0 aliphatic heterocycles. The van der Waals surface area contributed by atoms with Gasteiger partial charge in [0.2, 0.25) is 0 Å². The normalized spacial score (nSPS) is 14.9. The van der Waals surface area contributed by atoms with Crippen LogP contribution < -0.4 is 5.32 Å². The molecule has 1 heterocycles. The second-order valence-corrected chi connectivity index (χ2v) is 6.29. The van der Waals surface area contributed by atoms with Crippen molar-refractivity contribution in [2.75, 3.05) is 6.54 Å². The molecule has 2 atom stereocenters. The maximum absolute atomic E-state index is 10.0. The first kappa shape index (κ1) is 15.8. The quantitative estimate of drug-likeness (QED) is 0.817. The Hall–Kier alpha value is -1.58. The van der Waals surface area contributed by atoms with E-state index >= 15 is 0 Å². The van der Waals surface area contributed by atoms with Gasteiger partial charge >= 0.3 is 0 Å². The molecule has 2 rings (SSSR count). The van der Waals surface area contributed by atoms with Gasteiger partial charge in [-0.15, -0.1) is 0 Å². The largest absolute Gasteiger partial charge is 0.467 e. The fourth-order valence-electron chi connectivity index (χ4n) is 2.74. The lowest BCUT2D eigenvalue weighted by Gasteiger charge is -2.29. The molecule has 1 aromatic heterocycles. The first-order valence-electron chi connectivity index (χ1n) is 7.49. The van der Waals surface area contributed by atoms with Crippen LogP contribution in [0.15, 0.2) is 53.1 Å². The van der Waals surface area contributed by atoms with Crippen LogP contribution in [0.25, 0.3) is 0 Å². The minimum absolute atomic E-state index is 0.101. The van der Waals surface area contributed by atoms with E-state index in [2.05, 4.69) is 50.4 Å². The van der Waals surface area contributed by atoms with Crippen molar-refractivity contribution in [2.45, 2.75) is 44.8 Å². The highest BCUT2D eigenvalue weighted by atomic mass is 16.4. The van der Waals surface area contributed by atoms with Gasteiger partial charge in [0.25, 0.3) is 0 Å². The van der Waals surface area contributed by atoms with Gasteiger partial charge in [-0.25, -0.2) is 0 Å². The van der Waals surface area contributed by atoms with Crippen molar-refractivity contribution in [2.24, 2.45) is 0 Å². The molecule has 3 nitrogen and oxygen atoms in total. The summed E-state index contributed by atoms with van der Waals surface area (Å²) in [6, 6.07) is 14.4. The lowest BCUT2D eigenvalue weighted by atomic mass is 9.79. The van der Waals surface area contributed by atoms with E-state index in [1.165, 1.54) is 5.56 Å². The van der Waals surface area contributed by atoms with E-state index < -0.39 is 6.10 Å². The highest BCUT2D eigenvalue weighted by Crippen LogP contribution is 2.28. The molecule has 0 spiro atoms. The van der Waals surface area contributed by atoms with Crippen LogP contribution in [-0.2, 0) is 5.41 Å². The summed E-state index contributed by atoms with van der Waals surface area (Å²) >= 11 is 0. The number of furan rings is 1. The molecular formula is C18H25NO2. The fraction of sp³-hybridized carbons (Fsp3) is 0.444. The molecule has 2 N–H and O–H groups in total. The van der Waals surface area contributed by atoms with Gasteiger partial charge in [0.05, 0.1) is 6.26 Å². The first-order valence-corrected chi connectivity index (χ1v) is 7.49. The van der Waals surface area contributed by atoms with Crippen LogP contribution in [0.3, 0.4) is 0 Å². The predicted molar refractivity (Wildman–Crippen MR) is 85.2 cm³/mol. The summed E-state index contributed by atoms with van der Waals surface area (Å²) < 4.78 is 5.21. The summed E-state index contributed by atoms with van der Waals surface area (Å²) in [5.74, 6) is 0.608. The van der Waals surface area contributed by atoms with E-state index in [1.807, 2.05) is 6.07 Å². The van der Waals surface area contributed by atoms with Crippen LogP contribution in [-0.4, -0.2) is 17.7 Å². The van der Waals surface area contributed by atoms with E-state index in [0.717, 1.165) is 6.42 Å². The summed E-state index contributed by atoms with van der Waals surface area (Å²) in [6.45, 7) is 7.16. The monoisotopic (exact) mass is 287 g/mol. The molecule has 114 valence electrons. The van der Waals surface area contributed by atoms with Crippen molar-refractivity contribution >= 4 is 0 Å². The van der Waals surface area contributed by atoms with Crippen LogP contribution in [0.2, 0.25) is 0 Å². The number of rotatable bonds is 7. The van der Waals surface area contributed by atoms with Crippen molar-refractivity contribution in [3.05, 3.63) is 60.1 Å². The Bertz CT molecular complexity index is 519. The van der Waals surface area contributed by atoms with Crippen molar-refractivity contribution in [3.63, 3.8) is 0 Å². The Kier molecular flexibility index (Phi) is 5.21. The standard InChI is InChI=1S/C18H25NO2/c1-14(19-13-16(20)17-10-7-11-21-17)12-18(2,3)15-8-5-4-6-9-15/h4-11,14,16,19-20H,12-13H2,1-3H3. The highest BCUT2D eigenvalue weighted by molar-refractivity contribution is 5.23. The zero-order valence-electron chi connectivity index (χ0n) is 13.0. The Labute approximate surface area is 127 Å². The van der Waals surface area contributed by atoms with Crippen LogP contribution in [0.1, 0.15) is 44.6 Å². The SMILES string of the molecule is CC(CC(C)(C)c1ccccc1)NCC(O)c1ccco1. The van der Waals surface area contributed by atoms with Crippen LogP contribution in [0.5, 0.6) is 0 Å². The molecule has 0 saturated carbocycles. The molecule has 21 heavy (non-hydrogen) atoms. The zero-order chi connectivity index (χ0) is 15.3. The maximum atomic E-state index is 10.0. The number of hydrogen-bond acceptors (Lipinski definition) is 3. The molecule has 0 aliphatic carbocycles. The molecule has 0 radical (unpaired) electrons. The third kappa shape index (κ3) is 4.45. The van der Waals surface area contributed by atoms with Crippen molar-refractivity contribution < 1.29 is 9.52 Å². The van der Waals surface area contributed by atoms with Gasteiger partial charge < -0.3 is 14.8 Å². The van der Waals surface area contributed by atoms with Crippen LogP contribution >= 0.6 is 0 Å². The van der Waals surface area contributed by atoms with Gasteiger partial charge in [-0.2, -0.15) is 0 Å². The number of aliphatic hydroxyl groups excluding tert-OH is 1. The summed E-state index contributed by atoms with van der Waals surface area (Å²) in [6.07, 6.45) is 1.99. The van der Waals surface area contributed by atoms with Crippen molar-refractivity contribution in [1.29, 1.82) is 0 Å². The van der Waals surface area contributed by atoms with Crippen LogP contribution in [0, 0.1) is 0 Å². The maximum Gasteiger partial charge on any atom is 0.133 e. The smallest absolute Gasteiger partial charge is 0.133 e. The Morgan fingerprint density at radius 3 is 2.48 bits per heavy atom. The Morgan fingerprint density at radius 1 is 1.14 bits per heavy atom. The second kappa shape index (κ2) is 6.92. The van der Waals surface area contributed by atoms with Gasteiger partial charge in [0.1, 0.15) is 11.9 Å². The molecule has 0 saturated heterocycles. The van der Waals surface area contributed by atoms with Crippen LogP contribution in [0.4, 0.5) is 0 Å². The topological polar surface area (TPSA) is 45.4 Å². The molecule has 2 aromatic rings. The summed E-state index contributed by atoms with van der Waals surface area (Å²) in [5, 5.41) is 13.4.